The lowest BCUT2D eigenvalue weighted by molar-refractivity contribution is -0.170. The van der Waals surface area contributed by atoms with Crippen molar-refractivity contribution >= 4 is 52.4 Å². The first-order valence-electron chi connectivity index (χ1n) is 26.2. The number of hydrogen-bond donors (Lipinski definition) is 3. The Kier molecular flexibility index (Phi) is 30.2. The first-order valence-corrected chi connectivity index (χ1v) is 26.2. The highest BCUT2D eigenvalue weighted by molar-refractivity contribution is 5.99. The quantitative estimate of drug-likeness (QED) is 0.0242. The van der Waals surface area contributed by atoms with Crippen molar-refractivity contribution < 1.29 is 84.5 Å². The van der Waals surface area contributed by atoms with Crippen molar-refractivity contribution in [3.63, 3.8) is 0 Å². The number of azide groups is 1. The number of halogens is 3. The van der Waals surface area contributed by atoms with Crippen LogP contribution < -0.4 is 21.5 Å². The topological polar surface area (TPSA) is 346 Å². The summed E-state index contributed by atoms with van der Waals surface area (Å²) in [6.07, 6.45) is -4.50. The van der Waals surface area contributed by atoms with E-state index in [2.05, 4.69) is 35.3 Å². The molecular weight excluding hydrogens is 1080 g/mol. The first-order chi connectivity index (χ1) is 38.9. The fraction of sp³-hybridized carbons (Fsp3) is 0.660. The molecule has 0 saturated carbocycles. The number of aromatic nitrogens is 4. The predicted octanol–water partition coefficient (Wildman–Crippen LogP) is 2.13. The second kappa shape index (κ2) is 36.6. The average molecular weight is 1160 g/mol. The molecule has 1 atom stereocenters. The van der Waals surface area contributed by atoms with Crippen LogP contribution in [0.5, 0.6) is 0 Å². The van der Waals surface area contributed by atoms with E-state index in [1.54, 1.807) is 30.6 Å². The second-order valence-corrected chi connectivity index (χ2v) is 18.5. The molecule has 1 saturated heterocycles. The van der Waals surface area contributed by atoms with Gasteiger partial charge >= 0.3 is 18.1 Å². The number of ether oxygens (including phenoxy) is 10. The van der Waals surface area contributed by atoms with E-state index in [4.69, 9.17) is 58.6 Å². The number of carbonyl (C=O) groups excluding carboxylic acids is 5. The number of nitrogens with two attached hydrogens (primary N) is 1. The highest BCUT2D eigenvalue weighted by Crippen LogP contribution is 2.26. The summed E-state index contributed by atoms with van der Waals surface area (Å²) >= 11 is 0. The number of nitrogens with zero attached hydrogens (tertiary/aromatic N) is 9. The maximum atomic E-state index is 13.8. The normalized spacial score (nSPS) is 13.2. The molecule has 4 amide bonds. The monoisotopic (exact) mass is 1150 g/mol. The molecule has 1 aliphatic rings. The maximum absolute atomic E-state index is 13.8. The Balaban J connectivity index is 1.04. The van der Waals surface area contributed by atoms with Crippen LogP contribution in [0.3, 0.4) is 0 Å². The number of H-pyrrole nitrogens is 1. The molecule has 1 aliphatic heterocycles. The molecule has 3 heterocycles. The number of nitrogen functional groups attached to an aromatic ring is 1. The number of aromatic amines is 1. The number of alkyl halides is 3. The molecule has 81 heavy (non-hydrogen) atoms. The van der Waals surface area contributed by atoms with Gasteiger partial charge in [-0.3, -0.25) is 33.9 Å². The summed E-state index contributed by atoms with van der Waals surface area (Å²) in [6, 6.07) is 3.14. The van der Waals surface area contributed by atoms with Gasteiger partial charge in [0, 0.05) is 55.3 Å². The molecule has 4 rings (SSSR count). The number of amides is 4. The van der Waals surface area contributed by atoms with Gasteiger partial charge in [-0.15, -0.1) is 0 Å². The molecular formula is C50H73F3N12O16. The van der Waals surface area contributed by atoms with Crippen LogP contribution in [0.25, 0.3) is 21.6 Å². The lowest BCUT2D eigenvalue weighted by Crippen LogP contribution is -2.51. The van der Waals surface area contributed by atoms with Gasteiger partial charge in [-0.25, -0.2) is 14.8 Å². The highest BCUT2D eigenvalue weighted by atomic mass is 19.4. The predicted molar refractivity (Wildman–Crippen MR) is 282 cm³/mol. The number of benzene rings is 1. The van der Waals surface area contributed by atoms with Gasteiger partial charge in [-0.1, -0.05) is 5.11 Å². The fourth-order valence-corrected chi connectivity index (χ4v) is 7.26. The van der Waals surface area contributed by atoms with Crippen LogP contribution in [0.15, 0.2) is 40.4 Å². The van der Waals surface area contributed by atoms with E-state index < -0.39 is 47.7 Å². The summed E-state index contributed by atoms with van der Waals surface area (Å²) in [7, 11) is 0. The van der Waals surface area contributed by atoms with Gasteiger partial charge < -0.3 is 68.2 Å². The van der Waals surface area contributed by atoms with Crippen LogP contribution in [0, 0.1) is 0 Å². The number of piperazine rings is 1. The van der Waals surface area contributed by atoms with Crippen LogP contribution >= 0.6 is 0 Å². The zero-order valence-corrected chi connectivity index (χ0v) is 45.8. The fourth-order valence-electron chi connectivity index (χ4n) is 7.26. The van der Waals surface area contributed by atoms with Gasteiger partial charge in [0.15, 0.2) is 11.2 Å². The SMILES string of the molecule is CC(C)(C)OC(=O)[C@H](CCC(=O)N1CCN(C(=O)CCOCCOCCOCCOCCOCCOCCOCCOCCOCCN=[N+]=[N-])CC1)NC(=O)c1ccc(N(Cc2cnc3nc(N)[nH]c(=O)c3n2)C(=O)C(F)(F)F)cc1. The summed E-state index contributed by atoms with van der Waals surface area (Å²) in [5.41, 5.74) is 10.9. The Bertz CT molecular complexity index is 2510. The molecule has 3 aromatic rings. The summed E-state index contributed by atoms with van der Waals surface area (Å²) in [5, 5.41) is 5.93. The zero-order valence-electron chi connectivity index (χ0n) is 45.8. The number of hydrogen-bond acceptors (Lipinski definition) is 21. The lowest BCUT2D eigenvalue weighted by atomic mass is 10.1. The number of nitrogens with one attached hydrogen (secondary N) is 2. The highest BCUT2D eigenvalue weighted by Gasteiger charge is 2.43. The van der Waals surface area contributed by atoms with Crippen LogP contribution in [0.2, 0.25) is 0 Å². The molecule has 0 radical (unpaired) electrons. The van der Waals surface area contributed by atoms with E-state index >= 15 is 0 Å². The van der Waals surface area contributed by atoms with Crippen molar-refractivity contribution in [1.82, 2.24) is 35.1 Å². The average Bonchev–Trinajstić information content (AvgIpc) is 3.45. The van der Waals surface area contributed by atoms with E-state index in [0.717, 1.165) is 30.5 Å². The Morgan fingerprint density at radius 2 is 1.17 bits per heavy atom. The molecule has 2 aromatic heterocycles. The van der Waals surface area contributed by atoms with Crippen molar-refractivity contribution in [2.24, 2.45) is 5.11 Å². The minimum Gasteiger partial charge on any atom is -0.458 e. The van der Waals surface area contributed by atoms with Crippen molar-refractivity contribution in [1.29, 1.82) is 0 Å². The number of fused-ring (bicyclic) bond motifs is 1. The smallest absolute Gasteiger partial charge is 0.458 e. The van der Waals surface area contributed by atoms with Crippen LogP contribution in [0.4, 0.5) is 24.8 Å². The summed E-state index contributed by atoms with van der Waals surface area (Å²) < 4.78 is 96.0. The number of rotatable bonds is 39. The van der Waals surface area contributed by atoms with Gasteiger partial charge in [0.1, 0.15) is 11.6 Å². The van der Waals surface area contributed by atoms with Gasteiger partial charge in [0.25, 0.3) is 11.5 Å². The Hall–Kier alpha value is -6.67. The summed E-state index contributed by atoms with van der Waals surface area (Å²) in [5.74, 6) is -4.64. The van der Waals surface area contributed by atoms with E-state index in [1.807, 2.05) is 0 Å². The molecule has 1 fully saturated rings. The largest absolute Gasteiger partial charge is 0.471 e. The van der Waals surface area contributed by atoms with Crippen LogP contribution in [-0.2, 0) is 73.1 Å². The molecule has 31 heteroatoms. The molecule has 450 valence electrons. The third-order valence-electron chi connectivity index (χ3n) is 11.2. The first kappa shape index (κ1) is 66.8. The van der Waals surface area contributed by atoms with Crippen LogP contribution in [0.1, 0.15) is 56.1 Å². The second-order valence-electron chi connectivity index (χ2n) is 18.5. The molecule has 0 aliphatic carbocycles. The third-order valence-corrected chi connectivity index (χ3v) is 11.2. The Morgan fingerprint density at radius 3 is 1.63 bits per heavy atom. The van der Waals surface area contributed by atoms with Gasteiger partial charge in [0.05, 0.1) is 144 Å². The Morgan fingerprint density at radius 1 is 0.716 bits per heavy atom. The number of carbonyl (C=O) groups is 5. The van der Waals surface area contributed by atoms with Crippen molar-refractivity contribution in [3.05, 3.63) is 62.5 Å². The summed E-state index contributed by atoms with van der Waals surface area (Å²) in [4.78, 5) is 98.2. The van der Waals surface area contributed by atoms with E-state index in [9.17, 15) is 41.9 Å². The maximum Gasteiger partial charge on any atom is 0.471 e. The van der Waals surface area contributed by atoms with E-state index in [-0.39, 0.29) is 105 Å². The molecule has 0 bridgehead atoms. The van der Waals surface area contributed by atoms with Gasteiger partial charge in [0.2, 0.25) is 17.8 Å². The lowest BCUT2D eigenvalue weighted by Gasteiger charge is -2.35. The van der Waals surface area contributed by atoms with E-state index in [0.29, 0.717) is 117 Å². The van der Waals surface area contributed by atoms with Crippen molar-refractivity contribution in [3.8, 4) is 0 Å². The van der Waals surface area contributed by atoms with Gasteiger partial charge in [-0.2, -0.15) is 18.2 Å². The standard InChI is InChI=1S/C50H73F3N12O16/c1-49(2,3)81-46(70)39(59-44(68)36-4-6-38(7-5-36)65(47(71)50(51,52)53)35-37-34-56-43-42(58-37)45(69)61-48(54)60-43)8-9-40(66)63-12-14-64(15-13-63)41(67)10-16-72-18-20-74-22-24-76-26-28-78-30-32-80-33-31-79-29-27-77-25-23-75-21-19-73-17-11-57-62-55/h4-7,34,39H,8-33,35H2,1-3H3,(H,59,68)(H3,54,56,60,61,69)/t39-/m0/s1. The Labute approximate surface area is 465 Å². The molecule has 4 N–H and O–H groups in total. The van der Waals surface area contributed by atoms with Crippen molar-refractivity contribution in [2.45, 2.75) is 64.4 Å². The minimum atomic E-state index is -5.33. The summed E-state index contributed by atoms with van der Waals surface area (Å²) in [6.45, 7) is 12.4. The minimum absolute atomic E-state index is 0.100. The molecule has 0 spiro atoms. The molecule has 0 unspecified atom stereocenters. The number of anilines is 2. The van der Waals surface area contributed by atoms with Crippen molar-refractivity contribution in [2.75, 3.05) is 162 Å². The van der Waals surface area contributed by atoms with Crippen LogP contribution in [-0.4, -0.2) is 229 Å². The van der Waals surface area contributed by atoms with Gasteiger partial charge in [-0.05, 0) is 57.0 Å². The zero-order chi connectivity index (χ0) is 58.9. The molecule has 1 aromatic carbocycles. The molecule has 28 nitrogen and oxygen atoms in total. The van der Waals surface area contributed by atoms with E-state index in [1.165, 1.54) is 0 Å². The third kappa shape index (κ3) is 26.6. The number of esters is 1.